The van der Waals surface area contributed by atoms with Crippen LogP contribution in [0.3, 0.4) is 0 Å². The number of carbonyl (C=O) groups is 1. The Balaban J connectivity index is 2.48. The van der Waals surface area contributed by atoms with Crippen molar-refractivity contribution in [1.29, 1.82) is 0 Å². The van der Waals surface area contributed by atoms with Gasteiger partial charge in [0.05, 0.1) is 13.7 Å². The number of ether oxygens (including phenoxy) is 1. The molecule has 1 amide bonds. The van der Waals surface area contributed by atoms with Gasteiger partial charge < -0.3 is 20.5 Å². The molecule has 0 spiro atoms. The first-order valence-corrected chi connectivity index (χ1v) is 4.81. The molecule has 0 aliphatic carbocycles. The molecule has 0 radical (unpaired) electrons. The number of hydrogen-bond donors (Lipinski definition) is 2. The third-order valence-electron chi connectivity index (χ3n) is 3.03. The summed E-state index contributed by atoms with van der Waals surface area (Å²) in [6.45, 7) is 1.80. The minimum atomic E-state index is -0.298. The van der Waals surface area contributed by atoms with E-state index in [0.29, 0.717) is 19.6 Å². The topological polar surface area (TPSA) is 75.8 Å². The molecule has 0 bridgehead atoms. The van der Waals surface area contributed by atoms with Crippen molar-refractivity contribution in [2.45, 2.75) is 12.8 Å². The monoisotopic (exact) mass is 202 g/mol. The number of aliphatic hydroxyl groups is 1. The van der Waals surface area contributed by atoms with E-state index < -0.39 is 0 Å². The van der Waals surface area contributed by atoms with Gasteiger partial charge in [-0.05, 0) is 12.8 Å². The number of hydrogen-bond acceptors (Lipinski definition) is 4. The molecule has 0 aromatic heterocycles. The van der Waals surface area contributed by atoms with Crippen molar-refractivity contribution >= 4 is 6.09 Å². The second-order valence-corrected chi connectivity index (χ2v) is 3.82. The van der Waals surface area contributed by atoms with Crippen LogP contribution in [0, 0.1) is 5.41 Å². The molecule has 1 heterocycles. The second kappa shape index (κ2) is 4.61. The Morgan fingerprint density at radius 2 is 2.14 bits per heavy atom. The summed E-state index contributed by atoms with van der Waals surface area (Å²) in [6.07, 6.45) is 1.19. The average molecular weight is 202 g/mol. The van der Waals surface area contributed by atoms with Gasteiger partial charge in [0.15, 0.2) is 0 Å². The van der Waals surface area contributed by atoms with Gasteiger partial charge in [-0.15, -0.1) is 0 Å². The lowest BCUT2D eigenvalue weighted by Crippen LogP contribution is -2.47. The SMILES string of the molecule is COC(=O)N1CCC(CN)(CO)CC1. The van der Waals surface area contributed by atoms with Crippen LogP contribution in [0.15, 0.2) is 0 Å². The van der Waals surface area contributed by atoms with Crippen LogP contribution in [-0.4, -0.2) is 49.5 Å². The first kappa shape index (κ1) is 11.3. The molecule has 5 heteroatoms. The summed E-state index contributed by atoms with van der Waals surface area (Å²) in [5, 5.41) is 9.21. The predicted octanol–water partition coefficient (Wildman–Crippen LogP) is -0.214. The smallest absolute Gasteiger partial charge is 0.409 e. The van der Waals surface area contributed by atoms with E-state index >= 15 is 0 Å². The highest BCUT2D eigenvalue weighted by Gasteiger charge is 2.34. The second-order valence-electron chi connectivity index (χ2n) is 3.82. The molecule has 3 N–H and O–H groups in total. The lowest BCUT2D eigenvalue weighted by Gasteiger charge is -2.39. The number of methoxy groups -OCH3 is 1. The van der Waals surface area contributed by atoms with Gasteiger partial charge in [0.2, 0.25) is 0 Å². The van der Waals surface area contributed by atoms with Gasteiger partial charge in [0.25, 0.3) is 0 Å². The first-order chi connectivity index (χ1) is 6.67. The Bertz CT molecular complexity index is 194. The molecule has 5 nitrogen and oxygen atoms in total. The summed E-state index contributed by atoms with van der Waals surface area (Å²) in [5.41, 5.74) is 5.42. The van der Waals surface area contributed by atoms with Gasteiger partial charge >= 0.3 is 6.09 Å². The van der Waals surface area contributed by atoms with Crippen LogP contribution in [0.5, 0.6) is 0 Å². The maximum atomic E-state index is 11.2. The number of nitrogens with zero attached hydrogens (tertiary/aromatic N) is 1. The normalized spacial score (nSPS) is 20.6. The van der Waals surface area contributed by atoms with Gasteiger partial charge in [-0.1, -0.05) is 0 Å². The molecule has 1 aliphatic rings. The third-order valence-corrected chi connectivity index (χ3v) is 3.03. The Morgan fingerprint density at radius 1 is 1.57 bits per heavy atom. The van der Waals surface area contributed by atoms with Gasteiger partial charge in [0.1, 0.15) is 0 Å². The molecule has 1 rings (SSSR count). The fraction of sp³-hybridized carbons (Fsp3) is 0.889. The van der Waals surface area contributed by atoms with Gasteiger partial charge in [-0.2, -0.15) is 0 Å². The van der Waals surface area contributed by atoms with Crippen molar-refractivity contribution in [2.75, 3.05) is 33.4 Å². The zero-order valence-electron chi connectivity index (χ0n) is 8.53. The van der Waals surface area contributed by atoms with Crippen LogP contribution >= 0.6 is 0 Å². The Labute approximate surface area is 83.8 Å². The molecule has 0 aromatic carbocycles. The van der Waals surface area contributed by atoms with E-state index in [1.165, 1.54) is 7.11 Å². The molecule has 0 saturated carbocycles. The van der Waals surface area contributed by atoms with E-state index in [1.54, 1.807) is 4.90 Å². The van der Waals surface area contributed by atoms with Crippen molar-refractivity contribution < 1.29 is 14.6 Å². The van der Waals surface area contributed by atoms with Gasteiger partial charge in [0, 0.05) is 25.0 Å². The molecule has 14 heavy (non-hydrogen) atoms. The van der Waals surface area contributed by atoms with E-state index in [9.17, 15) is 9.90 Å². The van der Waals surface area contributed by atoms with E-state index in [4.69, 9.17) is 5.73 Å². The Hall–Kier alpha value is -0.810. The van der Waals surface area contributed by atoms with Crippen LogP contribution in [0.4, 0.5) is 4.79 Å². The van der Waals surface area contributed by atoms with Crippen LogP contribution in [0.2, 0.25) is 0 Å². The molecule has 0 aromatic rings. The summed E-state index contributed by atoms with van der Waals surface area (Å²) >= 11 is 0. The van der Waals surface area contributed by atoms with E-state index in [0.717, 1.165) is 12.8 Å². The van der Waals surface area contributed by atoms with Gasteiger partial charge in [-0.3, -0.25) is 0 Å². The van der Waals surface area contributed by atoms with Crippen molar-refractivity contribution in [3.8, 4) is 0 Å². The van der Waals surface area contributed by atoms with E-state index in [-0.39, 0.29) is 18.1 Å². The van der Waals surface area contributed by atoms with Crippen LogP contribution in [0.1, 0.15) is 12.8 Å². The van der Waals surface area contributed by atoms with Crippen molar-refractivity contribution in [2.24, 2.45) is 11.1 Å². The lowest BCUT2D eigenvalue weighted by molar-refractivity contribution is 0.0450. The van der Waals surface area contributed by atoms with E-state index in [2.05, 4.69) is 4.74 Å². The maximum absolute atomic E-state index is 11.2. The van der Waals surface area contributed by atoms with Crippen molar-refractivity contribution in [3.05, 3.63) is 0 Å². The lowest BCUT2D eigenvalue weighted by atomic mass is 9.79. The van der Waals surface area contributed by atoms with Crippen LogP contribution in [0.25, 0.3) is 0 Å². The quantitative estimate of drug-likeness (QED) is 0.649. The number of piperidine rings is 1. The summed E-state index contributed by atoms with van der Waals surface area (Å²) in [6, 6.07) is 0. The number of nitrogens with two attached hydrogens (primary N) is 1. The highest BCUT2D eigenvalue weighted by molar-refractivity contribution is 5.67. The standard InChI is InChI=1S/C9H18N2O3/c1-14-8(13)11-4-2-9(6-10,7-12)3-5-11/h12H,2-7,10H2,1H3. The third kappa shape index (κ3) is 2.16. The van der Waals surface area contributed by atoms with Crippen molar-refractivity contribution in [1.82, 2.24) is 4.90 Å². The minimum absolute atomic E-state index is 0.0957. The Morgan fingerprint density at radius 3 is 2.50 bits per heavy atom. The number of likely N-dealkylation sites (tertiary alicyclic amines) is 1. The molecule has 1 fully saturated rings. The summed E-state index contributed by atoms with van der Waals surface area (Å²) in [4.78, 5) is 12.8. The number of rotatable bonds is 2. The molecule has 82 valence electrons. The summed E-state index contributed by atoms with van der Waals surface area (Å²) < 4.78 is 4.62. The van der Waals surface area contributed by atoms with Crippen LogP contribution < -0.4 is 5.73 Å². The first-order valence-electron chi connectivity index (χ1n) is 4.81. The van der Waals surface area contributed by atoms with E-state index in [1.807, 2.05) is 0 Å². The fourth-order valence-corrected chi connectivity index (χ4v) is 1.72. The summed E-state index contributed by atoms with van der Waals surface area (Å²) in [5.74, 6) is 0. The van der Waals surface area contributed by atoms with Gasteiger partial charge in [-0.25, -0.2) is 4.79 Å². The Kier molecular flexibility index (Phi) is 3.71. The minimum Gasteiger partial charge on any atom is -0.453 e. The number of carbonyl (C=O) groups excluding carboxylic acids is 1. The molecular formula is C9H18N2O3. The van der Waals surface area contributed by atoms with Crippen molar-refractivity contribution in [3.63, 3.8) is 0 Å². The zero-order valence-corrected chi connectivity index (χ0v) is 8.53. The largest absolute Gasteiger partial charge is 0.453 e. The maximum Gasteiger partial charge on any atom is 0.409 e. The molecule has 1 aliphatic heterocycles. The molecule has 1 saturated heterocycles. The molecule has 0 atom stereocenters. The number of aliphatic hydroxyl groups excluding tert-OH is 1. The fourth-order valence-electron chi connectivity index (χ4n) is 1.72. The highest BCUT2D eigenvalue weighted by atomic mass is 16.5. The van der Waals surface area contributed by atoms with Crippen LogP contribution in [-0.2, 0) is 4.74 Å². The highest BCUT2D eigenvalue weighted by Crippen LogP contribution is 2.29. The zero-order chi connectivity index (χ0) is 10.6. The number of amides is 1. The average Bonchev–Trinajstić information content (AvgIpc) is 2.28. The molecular weight excluding hydrogens is 184 g/mol. The molecule has 0 unspecified atom stereocenters. The predicted molar refractivity (Wildman–Crippen MR) is 51.8 cm³/mol. The summed E-state index contributed by atoms with van der Waals surface area (Å²) in [7, 11) is 1.37.